The summed E-state index contributed by atoms with van der Waals surface area (Å²) in [7, 11) is 0. The molecular weight excluding hydrogens is 993 g/mol. The standard InChI is InChI=1S/C72H104S4/c1-9-17-25-33-41-49-50(42-34-26-18-10-2)66-58-57-59-61-63-64-62-60(58)68(74-66)53(45-37-29-21-13-5)54(46-38-30-22-14-6)70(62)76-72(64)56(48-40-32-24-16-8)55(47-39-31-23-15-7)71(63)75-69(61)52(44-36-28-20-12-4)51(43-35-27-19-11-3)67(59)73-65(49)57/h9-48H2,1-8H3. The summed E-state index contributed by atoms with van der Waals surface area (Å²) >= 11 is 9.35. The minimum atomic E-state index is 1.25. The molecule has 9 aromatic rings. The highest BCUT2D eigenvalue weighted by Crippen LogP contribution is 2.61. The molecule has 76 heavy (non-hydrogen) atoms. The molecule has 0 spiro atoms. The summed E-state index contributed by atoms with van der Waals surface area (Å²) in [4.78, 5) is 0. The number of aryl methyl sites for hydroxylation is 8. The summed E-state index contributed by atoms with van der Waals surface area (Å²) in [5.41, 5.74) is 14.3. The quantitative estimate of drug-likeness (QED) is 0.0336. The highest BCUT2D eigenvalue weighted by Gasteiger charge is 2.34. The number of hydrogen-bond donors (Lipinski definition) is 0. The Kier molecular flexibility index (Phi) is 22.3. The fourth-order valence-corrected chi connectivity index (χ4v) is 20.4. The van der Waals surface area contributed by atoms with Gasteiger partial charge in [-0.3, -0.25) is 0 Å². The first-order chi connectivity index (χ1) is 37.5. The van der Waals surface area contributed by atoms with E-state index in [0.29, 0.717) is 0 Å². The molecule has 0 aliphatic rings. The Hall–Kier alpha value is -2.24. The molecule has 0 nitrogen and oxygen atoms in total. The molecule has 0 unspecified atom stereocenters. The van der Waals surface area contributed by atoms with Crippen LogP contribution in [0.25, 0.3) is 80.7 Å². The van der Waals surface area contributed by atoms with Crippen molar-refractivity contribution in [3.05, 3.63) is 44.5 Å². The summed E-state index contributed by atoms with van der Waals surface area (Å²) in [5, 5.41) is 13.8. The molecule has 5 aromatic carbocycles. The molecule has 9 rings (SSSR count). The van der Waals surface area contributed by atoms with Crippen LogP contribution in [0.4, 0.5) is 0 Å². The van der Waals surface area contributed by atoms with Gasteiger partial charge in [0.05, 0.1) is 0 Å². The van der Waals surface area contributed by atoms with Crippen LogP contribution in [0, 0.1) is 0 Å². The maximum Gasteiger partial charge on any atom is 0.0397 e. The molecule has 0 fully saturated rings. The van der Waals surface area contributed by atoms with Gasteiger partial charge in [-0.1, -0.05) is 209 Å². The molecule has 0 saturated heterocycles. The van der Waals surface area contributed by atoms with Gasteiger partial charge < -0.3 is 0 Å². The van der Waals surface area contributed by atoms with Crippen LogP contribution in [0.5, 0.6) is 0 Å². The molecule has 0 aliphatic heterocycles. The first kappa shape index (κ1) is 58.4. The van der Waals surface area contributed by atoms with Gasteiger partial charge in [0.25, 0.3) is 0 Å². The largest absolute Gasteiger partial charge is 0.135 e. The fourth-order valence-electron chi connectivity index (χ4n) is 14.4. The lowest BCUT2D eigenvalue weighted by Gasteiger charge is -2.18. The van der Waals surface area contributed by atoms with E-state index in [1.165, 1.54) is 257 Å². The van der Waals surface area contributed by atoms with Gasteiger partial charge in [-0.2, -0.15) is 0 Å². The van der Waals surface area contributed by atoms with Crippen molar-refractivity contribution in [2.45, 2.75) is 312 Å². The van der Waals surface area contributed by atoms with Crippen LogP contribution in [0.15, 0.2) is 0 Å². The van der Waals surface area contributed by atoms with Crippen LogP contribution in [0.1, 0.15) is 305 Å². The number of hydrogen-bond acceptors (Lipinski definition) is 4. The van der Waals surface area contributed by atoms with E-state index >= 15 is 0 Å². The van der Waals surface area contributed by atoms with Crippen molar-refractivity contribution in [3.63, 3.8) is 0 Å². The predicted octanol–water partition coefficient (Wildman–Crippen LogP) is 26.5. The fraction of sp³-hybridized carbons (Fsp3) is 0.667. The van der Waals surface area contributed by atoms with Gasteiger partial charge in [0.1, 0.15) is 0 Å². The lowest BCUT2D eigenvalue weighted by molar-refractivity contribution is 0.654. The monoisotopic (exact) mass is 1100 g/mol. The SMILES string of the molecule is CCCCCCc1c(CCCCCC)c2sc3c(CCCCCC)c(CCCCCC)c4sc5c(CCCCCC)c(CCCCCC)c6sc7c(CCCCCC)c(CCCCCC)c8sc1c1c8c7c6c5c4c3c21. The first-order valence-corrected chi connectivity index (χ1v) is 36.4. The second-order valence-corrected chi connectivity index (χ2v) is 28.4. The highest BCUT2D eigenvalue weighted by atomic mass is 32.1. The molecule has 0 atom stereocenters. The molecule has 4 heteroatoms. The number of rotatable bonds is 40. The van der Waals surface area contributed by atoms with Crippen LogP contribution in [-0.4, -0.2) is 0 Å². The van der Waals surface area contributed by atoms with E-state index in [4.69, 9.17) is 0 Å². The zero-order valence-corrected chi connectivity index (χ0v) is 53.2. The maximum atomic E-state index is 2.41. The smallest absolute Gasteiger partial charge is 0.0397 e. The topological polar surface area (TPSA) is 0 Å². The molecular formula is C72H104S4. The second-order valence-electron chi connectivity index (χ2n) is 24.4. The molecule has 0 aliphatic carbocycles. The molecule has 0 N–H and O–H groups in total. The molecule has 0 amide bonds. The van der Waals surface area contributed by atoms with Gasteiger partial charge in [-0.25, -0.2) is 0 Å². The highest BCUT2D eigenvalue weighted by molar-refractivity contribution is 7.31. The van der Waals surface area contributed by atoms with Gasteiger partial charge in [-0.05, 0) is 147 Å². The van der Waals surface area contributed by atoms with Gasteiger partial charge in [-0.15, -0.1) is 45.3 Å². The molecule has 4 heterocycles. The third-order valence-electron chi connectivity index (χ3n) is 18.5. The predicted molar refractivity (Wildman–Crippen MR) is 354 cm³/mol. The summed E-state index contributed by atoms with van der Waals surface area (Å²) in [5.74, 6) is 0. The Morgan fingerprint density at radius 3 is 0.382 bits per heavy atom. The third kappa shape index (κ3) is 11.9. The van der Waals surface area contributed by atoms with Crippen molar-refractivity contribution < 1.29 is 0 Å². The van der Waals surface area contributed by atoms with Crippen molar-refractivity contribution in [1.29, 1.82) is 0 Å². The Bertz CT molecular complexity index is 2490. The van der Waals surface area contributed by atoms with E-state index in [9.17, 15) is 0 Å². The Morgan fingerprint density at radius 1 is 0.158 bits per heavy atom. The summed E-state index contributed by atoms with van der Waals surface area (Å²) in [6.45, 7) is 19.3. The van der Waals surface area contributed by atoms with E-state index in [2.05, 4.69) is 101 Å². The molecule has 4 aromatic heterocycles. The van der Waals surface area contributed by atoms with Crippen LogP contribution < -0.4 is 0 Å². The average molecular weight is 1100 g/mol. The van der Waals surface area contributed by atoms with E-state index in [0.717, 1.165) is 0 Å². The number of benzene rings is 4. The first-order valence-electron chi connectivity index (χ1n) is 33.1. The van der Waals surface area contributed by atoms with Crippen molar-refractivity contribution in [2.75, 3.05) is 0 Å². The van der Waals surface area contributed by atoms with Gasteiger partial charge in [0.2, 0.25) is 0 Å². The van der Waals surface area contributed by atoms with Gasteiger partial charge in [0.15, 0.2) is 0 Å². The van der Waals surface area contributed by atoms with E-state index in [1.807, 2.05) is 0 Å². The minimum Gasteiger partial charge on any atom is -0.135 e. The van der Waals surface area contributed by atoms with E-state index in [1.54, 1.807) is 125 Å². The van der Waals surface area contributed by atoms with Crippen molar-refractivity contribution in [2.24, 2.45) is 0 Å². The minimum absolute atomic E-state index is 1.25. The van der Waals surface area contributed by atoms with Crippen LogP contribution in [-0.2, 0) is 51.4 Å². The van der Waals surface area contributed by atoms with E-state index < -0.39 is 0 Å². The lowest BCUT2D eigenvalue weighted by Crippen LogP contribution is -1.99. The zero-order valence-electron chi connectivity index (χ0n) is 49.9. The maximum absolute atomic E-state index is 2.41. The van der Waals surface area contributed by atoms with Gasteiger partial charge in [0, 0.05) is 80.7 Å². The molecule has 416 valence electrons. The summed E-state index contributed by atoms with van der Waals surface area (Å²) in [6.07, 6.45) is 52.7. The summed E-state index contributed by atoms with van der Waals surface area (Å²) in [6, 6.07) is 0. The van der Waals surface area contributed by atoms with Crippen LogP contribution in [0.2, 0.25) is 0 Å². The number of unbranched alkanes of at least 4 members (excludes halogenated alkanes) is 24. The zero-order chi connectivity index (χ0) is 53.0. The Labute approximate surface area is 479 Å². The molecule has 0 radical (unpaired) electrons. The van der Waals surface area contributed by atoms with Crippen molar-refractivity contribution in [1.82, 2.24) is 0 Å². The third-order valence-corrected chi connectivity index (χ3v) is 23.8. The van der Waals surface area contributed by atoms with Crippen molar-refractivity contribution >= 4 is 126 Å². The Morgan fingerprint density at radius 2 is 0.276 bits per heavy atom. The van der Waals surface area contributed by atoms with Crippen molar-refractivity contribution in [3.8, 4) is 0 Å². The molecule has 0 saturated carbocycles. The van der Waals surface area contributed by atoms with Gasteiger partial charge >= 0.3 is 0 Å². The molecule has 0 bridgehead atoms. The average Bonchev–Trinajstić information content (AvgIpc) is 4.22. The second kappa shape index (κ2) is 29.0. The Balaban J connectivity index is 1.52. The van der Waals surface area contributed by atoms with Crippen LogP contribution in [0.3, 0.4) is 0 Å². The lowest BCUT2D eigenvalue weighted by atomic mass is 9.84. The van der Waals surface area contributed by atoms with Crippen LogP contribution >= 0.6 is 45.3 Å². The number of thiophene rings is 4. The summed E-state index contributed by atoms with van der Waals surface area (Å²) < 4.78 is 13.8. The normalized spacial score (nSPS) is 12.7. The van der Waals surface area contributed by atoms with E-state index in [-0.39, 0.29) is 0 Å².